The van der Waals surface area contributed by atoms with E-state index in [1.807, 2.05) is 30.6 Å². The lowest BCUT2D eigenvalue weighted by Crippen LogP contribution is -2.14. The second kappa shape index (κ2) is 10.7. The van der Waals surface area contributed by atoms with E-state index < -0.39 is 0 Å². The first-order valence-electron chi connectivity index (χ1n) is 13.4. The Morgan fingerprint density at radius 1 is 0.949 bits per heavy atom. The molecule has 1 aliphatic carbocycles. The number of allylic oxidation sites excluding steroid dienone is 1. The molecule has 0 bridgehead atoms. The summed E-state index contributed by atoms with van der Waals surface area (Å²) in [7, 11) is 0. The van der Waals surface area contributed by atoms with Crippen LogP contribution in [0.2, 0.25) is 0 Å². The first kappa shape index (κ1) is 24.8. The number of imidazole rings is 1. The molecule has 3 heterocycles. The van der Waals surface area contributed by atoms with Crippen molar-refractivity contribution in [3.8, 4) is 22.3 Å². The standard InChI is InChI=1S/C32H31FN6/c1-20(21-7-3-2-4-8-21)37-25-14-24(16-35-17-25)22-11-12-29(34)23(13-22)15-31-38-30-19-36-18-27(32(30)39-31)26-9-5-6-10-28(26)33/h5-6,9-14,16-19,21,37H,1-4,7-8,15,34H2,(H,38,39). The summed E-state index contributed by atoms with van der Waals surface area (Å²) >= 11 is 0. The monoisotopic (exact) mass is 518 g/mol. The van der Waals surface area contributed by atoms with Crippen molar-refractivity contribution >= 4 is 22.4 Å². The summed E-state index contributed by atoms with van der Waals surface area (Å²) in [5.74, 6) is 0.946. The van der Waals surface area contributed by atoms with Crippen LogP contribution >= 0.6 is 0 Å². The second-order valence-electron chi connectivity index (χ2n) is 10.3. The van der Waals surface area contributed by atoms with Crippen LogP contribution in [0.5, 0.6) is 0 Å². The van der Waals surface area contributed by atoms with E-state index in [-0.39, 0.29) is 5.82 Å². The summed E-state index contributed by atoms with van der Waals surface area (Å²) in [6.45, 7) is 4.31. The van der Waals surface area contributed by atoms with Crippen molar-refractivity contribution < 1.29 is 4.39 Å². The molecule has 0 amide bonds. The molecule has 6 nitrogen and oxygen atoms in total. The van der Waals surface area contributed by atoms with Gasteiger partial charge in [0, 0.05) is 46.9 Å². The van der Waals surface area contributed by atoms with E-state index >= 15 is 0 Å². The van der Waals surface area contributed by atoms with Crippen LogP contribution in [0.15, 0.2) is 85.6 Å². The summed E-state index contributed by atoms with van der Waals surface area (Å²) in [6.07, 6.45) is 13.8. The number of fused-ring (bicyclic) bond motifs is 1. The molecule has 0 atom stereocenters. The van der Waals surface area contributed by atoms with Crippen LogP contribution in [0.25, 0.3) is 33.3 Å². The van der Waals surface area contributed by atoms with Gasteiger partial charge < -0.3 is 16.0 Å². The highest BCUT2D eigenvalue weighted by Gasteiger charge is 2.17. The minimum Gasteiger partial charge on any atom is -0.398 e. The largest absolute Gasteiger partial charge is 0.398 e. The van der Waals surface area contributed by atoms with Crippen LogP contribution in [-0.2, 0) is 6.42 Å². The van der Waals surface area contributed by atoms with Crippen molar-refractivity contribution in [3.05, 3.63) is 103 Å². The highest BCUT2D eigenvalue weighted by molar-refractivity contribution is 5.91. The maximum absolute atomic E-state index is 14.5. The molecule has 7 heteroatoms. The fourth-order valence-corrected chi connectivity index (χ4v) is 5.47. The van der Waals surface area contributed by atoms with Crippen LogP contribution < -0.4 is 11.1 Å². The lowest BCUT2D eigenvalue weighted by Gasteiger charge is -2.24. The fourth-order valence-electron chi connectivity index (χ4n) is 5.47. The van der Waals surface area contributed by atoms with Crippen LogP contribution in [-0.4, -0.2) is 19.9 Å². The summed E-state index contributed by atoms with van der Waals surface area (Å²) < 4.78 is 14.5. The fraction of sp³-hybridized carbons (Fsp3) is 0.219. The highest BCUT2D eigenvalue weighted by atomic mass is 19.1. The molecule has 1 aliphatic rings. The Balaban J connectivity index is 1.26. The third kappa shape index (κ3) is 5.25. The number of benzene rings is 2. The summed E-state index contributed by atoms with van der Waals surface area (Å²) in [4.78, 5) is 16.9. The highest BCUT2D eigenvalue weighted by Crippen LogP contribution is 2.32. The second-order valence-corrected chi connectivity index (χ2v) is 10.3. The SMILES string of the molecule is C=C(Nc1cncc(-c2ccc(N)c(Cc3nc4c(-c5ccccc5F)cncc4[nH]3)c2)c1)C1CCCCC1. The lowest BCUT2D eigenvalue weighted by molar-refractivity contribution is 0.405. The number of hydrogen-bond acceptors (Lipinski definition) is 5. The minimum absolute atomic E-state index is 0.305. The smallest absolute Gasteiger partial charge is 0.131 e. The Kier molecular flexibility index (Phi) is 6.80. The number of nitrogens with two attached hydrogens (primary N) is 1. The van der Waals surface area contributed by atoms with Crippen molar-refractivity contribution in [1.29, 1.82) is 0 Å². The number of aromatic nitrogens is 4. The molecule has 39 heavy (non-hydrogen) atoms. The van der Waals surface area contributed by atoms with Gasteiger partial charge in [0.25, 0.3) is 0 Å². The molecule has 3 aromatic heterocycles. The lowest BCUT2D eigenvalue weighted by atomic mass is 9.87. The van der Waals surface area contributed by atoms with E-state index in [0.29, 0.717) is 34.7 Å². The van der Waals surface area contributed by atoms with Crippen molar-refractivity contribution in [1.82, 2.24) is 19.9 Å². The Morgan fingerprint density at radius 3 is 2.62 bits per heavy atom. The topological polar surface area (TPSA) is 92.5 Å². The third-order valence-electron chi connectivity index (χ3n) is 7.58. The van der Waals surface area contributed by atoms with Crippen molar-refractivity contribution in [2.24, 2.45) is 5.92 Å². The van der Waals surface area contributed by atoms with Crippen LogP contribution in [0.1, 0.15) is 43.5 Å². The Hall–Kier alpha value is -4.52. The van der Waals surface area contributed by atoms with Crippen LogP contribution in [0.3, 0.4) is 0 Å². The molecule has 6 rings (SSSR count). The maximum Gasteiger partial charge on any atom is 0.131 e. The van der Waals surface area contributed by atoms with Gasteiger partial charge in [-0.1, -0.05) is 50.1 Å². The van der Waals surface area contributed by atoms with E-state index in [2.05, 4.69) is 39.0 Å². The van der Waals surface area contributed by atoms with E-state index in [4.69, 9.17) is 10.7 Å². The van der Waals surface area contributed by atoms with Crippen LogP contribution in [0.4, 0.5) is 15.8 Å². The molecule has 0 spiro atoms. The predicted octanol–water partition coefficient (Wildman–Crippen LogP) is 7.50. The first-order valence-corrected chi connectivity index (χ1v) is 13.4. The van der Waals surface area contributed by atoms with Gasteiger partial charge in [-0.15, -0.1) is 0 Å². The molecule has 0 aliphatic heterocycles. The van der Waals surface area contributed by atoms with Gasteiger partial charge in [0.1, 0.15) is 11.6 Å². The zero-order chi connectivity index (χ0) is 26.8. The zero-order valence-electron chi connectivity index (χ0n) is 21.8. The van der Waals surface area contributed by atoms with Crippen molar-refractivity contribution in [2.75, 3.05) is 11.1 Å². The number of rotatable bonds is 7. The van der Waals surface area contributed by atoms with E-state index in [0.717, 1.165) is 39.4 Å². The number of nitrogen functional groups attached to an aromatic ring is 1. The first-order chi connectivity index (χ1) is 19.0. The minimum atomic E-state index is -0.305. The van der Waals surface area contributed by atoms with E-state index in [1.54, 1.807) is 24.5 Å². The molecule has 2 aromatic carbocycles. The van der Waals surface area contributed by atoms with Crippen molar-refractivity contribution in [2.45, 2.75) is 38.5 Å². The molecule has 5 aromatic rings. The summed E-state index contributed by atoms with van der Waals surface area (Å²) in [5.41, 5.74) is 14.6. The molecular weight excluding hydrogens is 487 g/mol. The van der Waals surface area contributed by atoms with E-state index in [9.17, 15) is 4.39 Å². The summed E-state index contributed by atoms with van der Waals surface area (Å²) in [6, 6.07) is 14.8. The number of nitrogens with zero attached hydrogens (tertiary/aromatic N) is 3. The quantitative estimate of drug-likeness (QED) is 0.194. The number of halogens is 1. The Labute approximate surface area is 227 Å². The number of aromatic amines is 1. The molecular formula is C32H31FN6. The molecule has 196 valence electrons. The Bertz CT molecular complexity index is 1650. The van der Waals surface area contributed by atoms with Gasteiger partial charge in [0.2, 0.25) is 0 Å². The molecule has 0 unspecified atom stereocenters. The van der Waals surface area contributed by atoms with Gasteiger partial charge >= 0.3 is 0 Å². The molecule has 1 saturated carbocycles. The number of anilines is 2. The number of H-pyrrole nitrogens is 1. The molecule has 1 fully saturated rings. The molecule has 4 N–H and O–H groups in total. The number of pyridine rings is 2. The molecule has 0 saturated heterocycles. The Morgan fingerprint density at radius 2 is 1.77 bits per heavy atom. The van der Waals surface area contributed by atoms with Gasteiger partial charge in [-0.3, -0.25) is 9.97 Å². The van der Waals surface area contributed by atoms with Crippen LogP contribution in [0, 0.1) is 11.7 Å². The molecule has 0 radical (unpaired) electrons. The van der Waals surface area contributed by atoms with Gasteiger partial charge in [0.15, 0.2) is 0 Å². The van der Waals surface area contributed by atoms with Gasteiger partial charge in [0.05, 0.1) is 29.1 Å². The third-order valence-corrected chi connectivity index (χ3v) is 7.58. The van der Waals surface area contributed by atoms with Gasteiger partial charge in [-0.25, -0.2) is 9.37 Å². The zero-order valence-corrected chi connectivity index (χ0v) is 21.8. The average Bonchev–Trinajstić information content (AvgIpc) is 3.38. The number of nitrogens with one attached hydrogen (secondary N) is 2. The van der Waals surface area contributed by atoms with Crippen molar-refractivity contribution in [3.63, 3.8) is 0 Å². The average molecular weight is 519 g/mol. The van der Waals surface area contributed by atoms with E-state index in [1.165, 1.54) is 38.2 Å². The maximum atomic E-state index is 14.5. The summed E-state index contributed by atoms with van der Waals surface area (Å²) in [5, 5.41) is 3.50. The number of hydrogen-bond donors (Lipinski definition) is 3. The van der Waals surface area contributed by atoms with Gasteiger partial charge in [-0.05, 0) is 54.2 Å². The van der Waals surface area contributed by atoms with Gasteiger partial charge in [-0.2, -0.15) is 0 Å². The normalized spacial score (nSPS) is 14.0. The predicted molar refractivity (Wildman–Crippen MR) is 156 cm³/mol.